The standard InChI is InChI=1S/C20H16FN3O3/c1-27-20(26)13-4-2-12(3-5-13)16-10-17(25)23-19-18(16)22-11-24(19)15-8-6-14(21)7-9-15/h2-9,11,16H,10H2,1H3,(H,23,25). The van der Waals surface area contributed by atoms with E-state index in [1.165, 1.54) is 19.2 Å². The van der Waals surface area contributed by atoms with Gasteiger partial charge in [-0.3, -0.25) is 9.36 Å². The first-order valence-corrected chi connectivity index (χ1v) is 8.38. The summed E-state index contributed by atoms with van der Waals surface area (Å²) in [4.78, 5) is 28.4. The predicted molar refractivity (Wildman–Crippen MR) is 96.4 cm³/mol. The Morgan fingerprint density at radius 1 is 1.19 bits per heavy atom. The second kappa shape index (κ2) is 6.68. The van der Waals surface area contributed by atoms with Crippen molar-refractivity contribution in [3.8, 4) is 5.69 Å². The van der Waals surface area contributed by atoms with Gasteiger partial charge in [-0.1, -0.05) is 12.1 Å². The highest BCUT2D eigenvalue weighted by Crippen LogP contribution is 2.37. The number of nitrogens with one attached hydrogen (secondary N) is 1. The van der Waals surface area contributed by atoms with Crippen LogP contribution >= 0.6 is 0 Å². The Kier molecular flexibility index (Phi) is 4.19. The van der Waals surface area contributed by atoms with Crippen molar-refractivity contribution < 1.29 is 18.7 Å². The number of fused-ring (bicyclic) bond motifs is 1. The van der Waals surface area contributed by atoms with Crippen molar-refractivity contribution in [1.29, 1.82) is 0 Å². The van der Waals surface area contributed by atoms with Crippen LogP contribution in [0.25, 0.3) is 5.69 Å². The summed E-state index contributed by atoms with van der Waals surface area (Å²) >= 11 is 0. The average molecular weight is 365 g/mol. The molecule has 1 unspecified atom stereocenters. The van der Waals surface area contributed by atoms with Crippen LogP contribution in [-0.4, -0.2) is 28.5 Å². The molecule has 4 rings (SSSR count). The summed E-state index contributed by atoms with van der Waals surface area (Å²) in [6.07, 6.45) is 1.87. The number of carbonyl (C=O) groups excluding carboxylic acids is 2. The average Bonchev–Trinajstić information content (AvgIpc) is 3.11. The minimum absolute atomic E-state index is 0.131. The Balaban J connectivity index is 1.72. The molecule has 1 aliphatic rings. The maximum atomic E-state index is 13.2. The number of rotatable bonds is 3. The molecule has 1 aromatic heterocycles. The first-order chi connectivity index (χ1) is 13.1. The van der Waals surface area contributed by atoms with Gasteiger partial charge in [0.15, 0.2) is 0 Å². The Morgan fingerprint density at radius 2 is 1.89 bits per heavy atom. The number of imidazole rings is 1. The van der Waals surface area contributed by atoms with Gasteiger partial charge in [-0.25, -0.2) is 14.2 Å². The zero-order valence-corrected chi connectivity index (χ0v) is 14.5. The molecule has 0 saturated carbocycles. The van der Waals surface area contributed by atoms with Gasteiger partial charge >= 0.3 is 5.97 Å². The maximum absolute atomic E-state index is 13.2. The lowest BCUT2D eigenvalue weighted by Crippen LogP contribution is -2.25. The van der Waals surface area contributed by atoms with Crippen LogP contribution in [0.4, 0.5) is 10.2 Å². The highest BCUT2D eigenvalue weighted by molar-refractivity contribution is 5.94. The summed E-state index contributed by atoms with van der Waals surface area (Å²) in [7, 11) is 1.33. The van der Waals surface area contributed by atoms with Crippen LogP contribution in [0.5, 0.6) is 0 Å². The van der Waals surface area contributed by atoms with Gasteiger partial charge in [0.25, 0.3) is 0 Å². The molecule has 3 aromatic rings. The van der Waals surface area contributed by atoms with Crippen LogP contribution in [-0.2, 0) is 9.53 Å². The van der Waals surface area contributed by atoms with E-state index in [9.17, 15) is 14.0 Å². The first-order valence-electron chi connectivity index (χ1n) is 8.38. The molecule has 2 heterocycles. The van der Waals surface area contributed by atoms with E-state index in [1.807, 2.05) is 0 Å². The molecule has 1 amide bonds. The first kappa shape index (κ1) is 17.0. The van der Waals surface area contributed by atoms with E-state index >= 15 is 0 Å². The van der Waals surface area contributed by atoms with Crippen molar-refractivity contribution in [2.45, 2.75) is 12.3 Å². The molecule has 1 aliphatic heterocycles. The van der Waals surface area contributed by atoms with Crippen LogP contribution < -0.4 is 5.32 Å². The third-order valence-electron chi connectivity index (χ3n) is 4.61. The largest absolute Gasteiger partial charge is 0.465 e. The quantitative estimate of drug-likeness (QED) is 0.723. The molecular formula is C20H16FN3O3. The molecule has 0 fully saturated rings. The van der Waals surface area contributed by atoms with E-state index in [-0.39, 0.29) is 24.1 Å². The summed E-state index contributed by atoms with van der Waals surface area (Å²) in [6.45, 7) is 0. The highest BCUT2D eigenvalue weighted by atomic mass is 19.1. The zero-order valence-electron chi connectivity index (χ0n) is 14.5. The van der Waals surface area contributed by atoms with Crippen LogP contribution in [0, 0.1) is 5.82 Å². The SMILES string of the molecule is COC(=O)c1ccc(C2CC(=O)Nc3c2ncn3-c2ccc(F)cc2)cc1. The lowest BCUT2D eigenvalue weighted by molar-refractivity contribution is -0.116. The van der Waals surface area contributed by atoms with Crippen LogP contribution in [0.2, 0.25) is 0 Å². The third kappa shape index (κ3) is 3.08. The van der Waals surface area contributed by atoms with Gasteiger partial charge < -0.3 is 10.1 Å². The van der Waals surface area contributed by atoms with Crippen molar-refractivity contribution in [2.75, 3.05) is 12.4 Å². The predicted octanol–water partition coefficient (Wildman–Crippen LogP) is 3.27. The summed E-state index contributed by atoms with van der Waals surface area (Å²) in [5, 5.41) is 2.85. The lowest BCUT2D eigenvalue weighted by atomic mass is 9.89. The molecule has 1 atom stereocenters. The van der Waals surface area contributed by atoms with Crippen molar-refractivity contribution >= 4 is 17.7 Å². The van der Waals surface area contributed by atoms with Crippen LogP contribution in [0.1, 0.15) is 34.0 Å². The smallest absolute Gasteiger partial charge is 0.337 e. The topological polar surface area (TPSA) is 73.2 Å². The molecule has 2 aromatic carbocycles. The van der Waals surface area contributed by atoms with E-state index < -0.39 is 5.97 Å². The number of amides is 1. The summed E-state index contributed by atoms with van der Waals surface area (Å²) in [5.41, 5.74) is 2.75. The number of ether oxygens (including phenoxy) is 1. The van der Waals surface area contributed by atoms with Crippen molar-refractivity contribution in [1.82, 2.24) is 9.55 Å². The number of halogens is 1. The van der Waals surface area contributed by atoms with Crippen LogP contribution in [0.3, 0.4) is 0 Å². The second-order valence-corrected chi connectivity index (χ2v) is 6.24. The van der Waals surface area contributed by atoms with Crippen molar-refractivity contribution in [2.24, 2.45) is 0 Å². The number of benzene rings is 2. The van der Waals surface area contributed by atoms with E-state index in [4.69, 9.17) is 4.74 Å². The normalized spacial score (nSPS) is 15.8. The molecule has 27 heavy (non-hydrogen) atoms. The number of aromatic nitrogens is 2. The third-order valence-corrected chi connectivity index (χ3v) is 4.61. The molecule has 0 spiro atoms. The van der Waals surface area contributed by atoms with Crippen LogP contribution in [0.15, 0.2) is 54.9 Å². The van der Waals surface area contributed by atoms with E-state index in [2.05, 4.69) is 10.3 Å². The minimum Gasteiger partial charge on any atom is -0.465 e. The number of anilines is 1. The highest BCUT2D eigenvalue weighted by Gasteiger charge is 2.31. The molecule has 0 aliphatic carbocycles. The Hall–Kier alpha value is -3.48. The number of methoxy groups -OCH3 is 1. The Labute approximate surface area is 154 Å². The molecule has 136 valence electrons. The van der Waals surface area contributed by atoms with E-state index in [0.717, 1.165) is 11.3 Å². The van der Waals surface area contributed by atoms with Crippen molar-refractivity contribution in [3.05, 3.63) is 77.5 Å². The number of carbonyl (C=O) groups is 2. The minimum atomic E-state index is -0.413. The summed E-state index contributed by atoms with van der Waals surface area (Å²) < 4.78 is 19.6. The second-order valence-electron chi connectivity index (χ2n) is 6.24. The lowest BCUT2D eigenvalue weighted by Gasteiger charge is -2.23. The molecule has 0 saturated heterocycles. The van der Waals surface area contributed by atoms with E-state index in [1.54, 1.807) is 47.3 Å². The fourth-order valence-corrected chi connectivity index (χ4v) is 3.25. The molecule has 6 nitrogen and oxygen atoms in total. The number of esters is 1. The number of hydrogen-bond donors (Lipinski definition) is 1. The number of nitrogens with zero attached hydrogens (tertiary/aromatic N) is 2. The Bertz CT molecular complexity index is 1010. The zero-order chi connectivity index (χ0) is 19.0. The van der Waals surface area contributed by atoms with Crippen molar-refractivity contribution in [3.63, 3.8) is 0 Å². The van der Waals surface area contributed by atoms with Gasteiger partial charge in [0.2, 0.25) is 5.91 Å². The Morgan fingerprint density at radius 3 is 2.56 bits per heavy atom. The van der Waals surface area contributed by atoms with Gasteiger partial charge in [-0.2, -0.15) is 0 Å². The van der Waals surface area contributed by atoms with Gasteiger partial charge in [0.1, 0.15) is 18.0 Å². The number of hydrogen-bond acceptors (Lipinski definition) is 4. The molecule has 7 heteroatoms. The molecular weight excluding hydrogens is 349 g/mol. The fraction of sp³-hybridized carbons (Fsp3) is 0.150. The fourth-order valence-electron chi connectivity index (χ4n) is 3.25. The molecule has 0 bridgehead atoms. The summed E-state index contributed by atoms with van der Waals surface area (Å²) in [6, 6.07) is 12.9. The monoisotopic (exact) mass is 365 g/mol. The van der Waals surface area contributed by atoms with Gasteiger partial charge in [-0.05, 0) is 42.0 Å². The van der Waals surface area contributed by atoms with Gasteiger partial charge in [-0.15, -0.1) is 0 Å². The summed E-state index contributed by atoms with van der Waals surface area (Å²) in [5.74, 6) is -0.542. The molecule has 1 N–H and O–H groups in total. The van der Waals surface area contributed by atoms with E-state index in [0.29, 0.717) is 17.1 Å². The van der Waals surface area contributed by atoms with Gasteiger partial charge in [0, 0.05) is 18.0 Å². The molecule has 0 radical (unpaired) electrons. The van der Waals surface area contributed by atoms with Gasteiger partial charge in [0.05, 0.1) is 18.4 Å². The maximum Gasteiger partial charge on any atom is 0.337 e.